The Labute approximate surface area is 121 Å². The Hall–Kier alpha value is -2.07. The van der Waals surface area contributed by atoms with Crippen LogP contribution in [0.4, 0.5) is 0 Å². The first-order chi connectivity index (χ1) is 9.65. The van der Waals surface area contributed by atoms with Crippen molar-refractivity contribution in [1.82, 2.24) is 15.0 Å². The van der Waals surface area contributed by atoms with Crippen molar-refractivity contribution in [2.24, 2.45) is 0 Å². The molecule has 0 aliphatic rings. The molecule has 0 unspecified atom stereocenters. The van der Waals surface area contributed by atoms with E-state index in [0.29, 0.717) is 23.2 Å². The maximum atomic E-state index is 6.09. The standard InChI is InChI=1S/C15H14ClN3O/c1-3-20-13-5-4-12-15(18-13)19-14(17-12)10-6-9(2)7-11(16)8-10/h4-8H,3H2,1-2H3,(H,17,18,19). The maximum absolute atomic E-state index is 6.09. The fourth-order valence-electron chi connectivity index (χ4n) is 2.11. The van der Waals surface area contributed by atoms with Crippen LogP contribution >= 0.6 is 11.6 Å². The third-order valence-electron chi connectivity index (χ3n) is 2.93. The Kier molecular flexibility index (Phi) is 3.32. The van der Waals surface area contributed by atoms with Crippen molar-refractivity contribution >= 4 is 22.8 Å². The molecule has 0 atom stereocenters. The van der Waals surface area contributed by atoms with Gasteiger partial charge in [-0.05, 0) is 43.7 Å². The third-order valence-corrected chi connectivity index (χ3v) is 3.15. The molecule has 0 aliphatic carbocycles. The second-order valence-electron chi connectivity index (χ2n) is 4.56. The van der Waals surface area contributed by atoms with Gasteiger partial charge >= 0.3 is 0 Å². The highest BCUT2D eigenvalue weighted by molar-refractivity contribution is 6.30. The van der Waals surface area contributed by atoms with Crippen molar-refractivity contribution in [2.75, 3.05) is 6.61 Å². The number of nitrogens with zero attached hydrogens (tertiary/aromatic N) is 2. The molecule has 20 heavy (non-hydrogen) atoms. The summed E-state index contributed by atoms with van der Waals surface area (Å²) in [4.78, 5) is 12.1. The number of aromatic nitrogens is 3. The number of hydrogen-bond acceptors (Lipinski definition) is 3. The first-order valence-corrected chi connectivity index (χ1v) is 6.80. The monoisotopic (exact) mass is 287 g/mol. The SMILES string of the molecule is CCOc1ccc2[nH]c(-c3cc(C)cc(Cl)c3)nc2n1. The van der Waals surface area contributed by atoms with Gasteiger partial charge in [-0.15, -0.1) is 0 Å². The quantitative estimate of drug-likeness (QED) is 0.792. The molecule has 2 aromatic heterocycles. The number of imidazole rings is 1. The van der Waals surface area contributed by atoms with Crippen LogP contribution in [0.5, 0.6) is 5.88 Å². The van der Waals surface area contributed by atoms with Crippen molar-refractivity contribution < 1.29 is 4.74 Å². The molecule has 1 aromatic carbocycles. The van der Waals surface area contributed by atoms with Gasteiger partial charge in [0.15, 0.2) is 5.65 Å². The Morgan fingerprint density at radius 3 is 2.80 bits per heavy atom. The lowest BCUT2D eigenvalue weighted by atomic mass is 10.1. The van der Waals surface area contributed by atoms with E-state index in [0.717, 1.165) is 22.5 Å². The van der Waals surface area contributed by atoms with Gasteiger partial charge in [0.1, 0.15) is 5.82 Å². The van der Waals surface area contributed by atoms with Gasteiger partial charge in [-0.1, -0.05) is 11.6 Å². The number of nitrogens with one attached hydrogen (secondary N) is 1. The van der Waals surface area contributed by atoms with Gasteiger partial charge in [0, 0.05) is 16.7 Å². The summed E-state index contributed by atoms with van der Waals surface area (Å²) in [7, 11) is 0. The van der Waals surface area contributed by atoms with E-state index in [1.807, 2.05) is 44.2 Å². The molecule has 0 saturated heterocycles. The zero-order chi connectivity index (χ0) is 14.1. The number of fused-ring (bicyclic) bond motifs is 1. The summed E-state index contributed by atoms with van der Waals surface area (Å²) in [5.74, 6) is 1.34. The minimum Gasteiger partial charge on any atom is -0.478 e. The molecule has 3 rings (SSSR count). The van der Waals surface area contributed by atoms with Crippen LogP contribution in [-0.2, 0) is 0 Å². The first kappa shape index (κ1) is 12.9. The van der Waals surface area contributed by atoms with E-state index >= 15 is 0 Å². The van der Waals surface area contributed by atoms with Crippen LogP contribution in [0.15, 0.2) is 30.3 Å². The Morgan fingerprint density at radius 2 is 2.05 bits per heavy atom. The minimum atomic E-state index is 0.584. The highest BCUT2D eigenvalue weighted by atomic mass is 35.5. The summed E-state index contributed by atoms with van der Waals surface area (Å²) < 4.78 is 5.38. The number of halogens is 1. The van der Waals surface area contributed by atoms with Crippen LogP contribution in [0, 0.1) is 6.92 Å². The molecule has 0 radical (unpaired) electrons. The normalized spacial score (nSPS) is 10.9. The molecule has 0 spiro atoms. The number of ether oxygens (including phenoxy) is 1. The van der Waals surface area contributed by atoms with Crippen LogP contribution < -0.4 is 4.74 Å². The Morgan fingerprint density at radius 1 is 1.20 bits per heavy atom. The van der Waals surface area contributed by atoms with Crippen LogP contribution in [0.2, 0.25) is 5.02 Å². The first-order valence-electron chi connectivity index (χ1n) is 6.43. The Balaban J connectivity index is 2.08. The van der Waals surface area contributed by atoms with Crippen molar-refractivity contribution in [3.05, 3.63) is 40.9 Å². The summed E-state index contributed by atoms with van der Waals surface area (Å²) in [5, 5.41) is 0.698. The number of hydrogen-bond donors (Lipinski definition) is 1. The molecule has 0 fully saturated rings. The van der Waals surface area contributed by atoms with E-state index in [9.17, 15) is 0 Å². The van der Waals surface area contributed by atoms with Crippen LogP contribution in [0.25, 0.3) is 22.6 Å². The predicted molar refractivity (Wildman–Crippen MR) is 80.2 cm³/mol. The highest BCUT2D eigenvalue weighted by Gasteiger charge is 2.08. The van der Waals surface area contributed by atoms with Crippen LogP contribution in [0.3, 0.4) is 0 Å². The van der Waals surface area contributed by atoms with Crippen LogP contribution in [0.1, 0.15) is 12.5 Å². The smallest absolute Gasteiger partial charge is 0.215 e. The lowest BCUT2D eigenvalue weighted by Crippen LogP contribution is -1.93. The van der Waals surface area contributed by atoms with Gasteiger partial charge in [0.25, 0.3) is 0 Å². The lowest BCUT2D eigenvalue weighted by molar-refractivity contribution is 0.328. The topological polar surface area (TPSA) is 50.8 Å². The largest absolute Gasteiger partial charge is 0.478 e. The molecule has 0 amide bonds. The molecular weight excluding hydrogens is 274 g/mol. The van der Waals surface area contributed by atoms with Crippen molar-refractivity contribution in [2.45, 2.75) is 13.8 Å². The predicted octanol–water partition coefficient (Wildman–Crippen LogP) is 3.99. The van der Waals surface area contributed by atoms with Gasteiger partial charge in [-0.25, -0.2) is 4.98 Å². The summed E-state index contributed by atoms with van der Waals surface area (Å²) in [6.07, 6.45) is 0. The second kappa shape index (κ2) is 5.13. The minimum absolute atomic E-state index is 0.584. The fourth-order valence-corrected chi connectivity index (χ4v) is 2.40. The average molecular weight is 288 g/mol. The van der Waals surface area contributed by atoms with Gasteiger partial charge in [0.2, 0.25) is 5.88 Å². The molecule has 1 N–H and O–H groups in total. The summed E-state index contributed by atoms with van der Waals surface area (Å²) in [5.41, 5.74) is 3.56. The number of benzene rings is 1. The summed E-state index contributed by atoms with van der Waals surface area (Å²) in [6, 6.07) is 9.58. The van der Waals surface area contributed by atoms with E-state index < -0.39 is 0 Å². The summed E-state index contributed by atoms with van der Waals surface area (Å²) in [6.45, 7) is 4.52. The van der Waals surface area contributed by atoms with Gasteiger partial charge in [-0.2, -0.15) is 4.98 Å². The number of aryl methyl sites for hydroxylation is 1. The molecule has 0 bridgehead atoms. The summed E-state index contributed by atoms with van der Waals surface area (Å²) >= 11 is 6.09. The van der Waals surface area contributed by atoms with Gasteiger partial charge < -0.3 is 9.72 Å². The molecule has 4 nitrogen and oxygen atoms in total. The van der Waals surface area contributed by atoms with E-state index in [-0.39, 0.29) is 0 Å². The number of rotatable bonds is 3. The average Bonchev–Trinajstić information content (AvgIpc) is 2.81. The van der Waals surface area contributed by atoms with E-state index in [1.54, 1.807) is 0 Å². The van der Waals surface area contributed by atoms with Gasteiger partial charge in [-0.3, -0.25) is 0 Å². The van der Waals surface area contributed by atoms with Crippen molar-refractivity contribution in [1.29, 1.82) is 0 Å². The Bertz CT molecular complexity index is 747. The number of aromatic amines is 1. The van der Waals surface area contributed by atoms with E-state index in [4.69, 9.17) is 16.3 Å². The zero-order valence-electron chi connectivity index (χ0n) is 11.3. The maximum Gasteiger partial charge on any atom is 0.215 e. The second-order valence-corrected chi connectivity index (χ2v) is 4.99. The molecule has 0 saturated carbocycles. The molecule has 3 aromatic rings. The van der Waals surface area contributed by atoms with Crippen molar-refractivity contribution in [3.8, 4) is 17.3 Å². The molecular formula is C15H14ClN3O. The molecule has 102 valence electrons. The van der Waals surface area contributed by atoms with Gasteiger partial charge in [0.05, 0.1) is 12.1 Å². The van der Waals surface area contributed by atoms with E-state index in [1.165, 1.54) is 0 Å². The molecule has 2 heterocycles. The lowest BCUT2D eigenvalue weighted by Gasteiger charge is -2.00. The highest BCUT2D eigenvalue weighted by Crippen LogP contribution is 2.25. The van der Waals surface area contributed by atoms with Crippen molar-refractivity contribution in [3.63, 3.8) is 0 Å². The fraction of sp³-hybridized carbons (Fsp3) is 0.200. The molecule has 0 aliphatic heterocycles. The van der Waals surface area contributed by atoms with Crippen LogP contribution in [-0.4, -0.2) is 21.6 Å². The van der Waals surface area contributed by atoms with E-state index in [2.05, 4.69) is 15.0 Å². The zero-order valence-corrected chi connectivity index (χ0v) is 12.0. The third kappa shape index (κ3) is 2.47. The molecule has 5 heteroatoms. The number of pyridine rings is 1. The number of H-pyrrole nitrogens is 1.